The Hall–Kier alpha value is -2.24. The number of hydrogen-bond donors (Lipinski definition) is 2. The molecule has 1 aromatic carbocycles. The van der Waals surface area contributed by atoms with Crippen molar-refractivity contribution in [1.29, 1.82) is 0 Å². The molecular formula is C14H19N3O3. The van der Waals surface area contributed by atoms with Crippen molar-refractivity contribution in [3.8, 4) is 5.75 Å². The Morgan fingerprint density at radius 3 is 2.80 bits per heavy atom. The Balaban J connectivity index is 2.14. The van der Waals surface area contributed by atoms with E-state index in [-0.39, 0.29) is 17.8 Å². The molecule has 3 N–H and O–H groups in total. The molecule has 6 heteroatoms. The van der Waals surface area contributed by atoms with E-state index >= 15 is 0 Å². The number of amidine groups is 1. The van der Waals surface area contributed by atoms with Crippen LogP contribution in [0.4, 0.5) is 0 Å². The fraction of sp³-hybridized carbons (Fsp3) is 0.429. The van der Waals surface area contributed by atoms with Gasteiger partial charge in [0.2, 0.25) is 0 Å². The molecule has 0 aliphatic carbocycles. The normalized spacial score (nSPS) is 19.1. The molecule has 108 valence electrons. The van der Waals surface area contributed by atoms with Crippen LogP contribution in [0.15, 0.2) is 29.4 Å². The highest BCUT2D eigenvalue weighted by molar-refractivity contribution is 5.98. The van der Waals surface area contributed by atoms with E-state index in [0.717, 1.165) is 18.6 Å². The van der Waals surface area contributed by atoms with Crippen LogP contribution in [0, 0.1) is 0 Å². The third-order valence-corrected chi connectivity index (χ3v) is 3.38. The second-order valence-electron chi connectivity index (χ2n) is 4.64. The summed E-state index contributed by atoms with van der Waals surface area (Å²) in [7, 11) is 0. The fourth-order valence-electron chi connectivity index (χ4n) is 2.41. The molecule has 1 fully saturated rings. The zero-order valence-corrected chi connectivity index (χ0v) is 11.5. The number of likely N-dealkylation sites (tertiary alicyclic amines) is 1. The maximum Gasteiger partial charge on any atom is 0.254 e. The summed E-state index contributed by atoms with van der Waals surface area (Å²) < 4.78 is 5.35. The number of benzene rings is 1. The van der Waals surface area contributed by atoms with Gasteiger partial charge >= 0.3 is 0 Å². The summed E-state index contributed by atoms with van der Waals surface area (Å²) in [4.78, 5) is 14.1. The Morgan fingerprint density at radius 1 is 1.50 bits per heavy atom. The van der Waals surface area contributed by atoms with Crippen LogP contribution in [-0.2, 0) is 0 Å². The molecule has 0 spiro atoms. The van der Waals surface area contributed by atoms with Gasteiger partial charge in [0.05, 0.1) is 12.6 Å². The minimum Gasteiger partial charge on any atom is -0.494 e. The molecule has 1 aromatic rings. The molecule has 1 atom stereocenters. The van der Waals surface area contributed by atoms with Gasteiger partial charge in [-0.1, -0.05) is 5.16 Å². The van der Waals surface area contributed by atoms with Gasteiger partial charge in [-0.05, 0) is 44.0 Å². The minimum absolute atomic E-state index is 0.0850. The van der Waals surface area contributed by atoms with Gasteiger partial charge in [-0.3, -0.25) is 4.79 Å². The van der Waals surface area contributed by atoms with Crippen molar-refractivity contribution in [1.82, 2.24) is 4.90 Å². The van der Waals surface area contributed by atoms with Gasteiger partial charge in [0, 0.05) is 12.1 Å². The van der Waals surface area contributed by atoms with E-state index in [2.05, 4.69) is 5.16 Å². The number of ether oxygens (including phenoxy) is 1. The number of nitrogens with zero attached hydrogens (tertiary/aromatic N) is 2. The van der Waals surface area contributed by atoms with Gasteiger partial charge in [0.15, 0.2) is 5.84 Å². The quantitative estimate of drug-likeness (QED) is 0.377. The Kier molecular flexibility index (Phi) is 4.45. The molecule has 0 saturated carbocycles. The number of rotatable bonds is 4. The first-order valence-electron chi connectivity index (χ1n) is 6.68. The number of carbonyl (C=O) groups excluding carboxylic acids is 1. The van der Waals surface area contributed by atoms with Crippen molar-refractivity contribution in [2.24, 2.45) is 10.9 Å². The molecular weight excluding hydrogens is 258 g/mol. The summed E-state index contributed by atoms with van der Waals surface area (Å²) in [5.41, 5.74) is 6.21. The molecule has 0 radical (unpaired) electrons. The number of nitrogens with two attached hydrogens (primary N) is 1. The average molecular weight is 277 g/mol. The van der Waals surface area contributed by atoms with E-state index in [1.165, 1.54) is 0 Å². The van der Waals surface area contributed by atoms with Crippen LogP contribution in [0.25, 0.3) is 0 Å². The van der Waals surface area contributed by atoms with Crippen LogP contribution in [0.3, 0.4) is 0 Å². The van der Waals surface area contributed by atoms with E-state index in [1.54, 1.807) is 29.2 Å². The van der Waals surface area contributed by atoms with Crippen LogP contribution in [0.2, 0.25) is 0 Å². The van der Waals surface area contributed by atoms with Gasteiger partial charge in [-0.25, -0.2) is 0 Å². The predicted molar refractivity (Wildman–Crippen MR) is 75.1 cm³/mol. The van der Waals surface area contributed by atoms with Crippen LogP contribution in [0.5, 0.6) is 5.75 Å². The summed E-state index contributed by atoms with van der Waals surface area (Å²) in [5, 5.41) is 11.8. The van der Waals surface area contributed by atoms with E-state index in [1.807, 2.05) is 6.92 Å². The van der Waals surface area contributed by atoms with Crippen molar-refractivity contribution in [3.63, 3.8) is 0 Å². The predicted octanol–water partition coefficient (Wildman–Crippen LogP) is 1.44. The first-order valence-corrected chi connectivity index (χ1v) is 6.68. The topological polar surface area (TPSA) is 88.2 Å². The summed E-state index contributed by atoms with van der Waals surface area (Å²) in [6.07, 6.45) is 1.57. The van der Waals surface area contributed by atoms with Crippen molar-refractivity contribution < 1.29 is 14.7 Å². The monoisotopic (exact) mass is 277 g/mol. The number of hydrogen-bond acceptors (Lipinski definition) is 4. The highest BCUT2D eigenvalue weighted by Gasteiger charge is 2.32. The molecule has 2 rings (SSSR count). The summed E-state index contributed by atoms with van der Waals surface area (Å²) in [6.45, 7) is 3.11. The van der Waals surface area contributed by atoms with E-state index in [4.69, 9.17) is 15.7 Å². The standard InChI is InChI=1S/C14H19N3O3/c1-2-20-11-7-5-10(6-8-11)14(18)17-9-3-4-12(17)13(15)16-19/h5-8,12,19H,2-4,9H2,1H3,(H2,15,16). The number of amides is 1. The van der Waals surface area contributed by atoms with Crippen molar-refractivity contribution in [2.75, 3.05) is 13.2 Å². The van der Waals surface area contributed by atoms with Gasteiger partial charge in [0.25, 0.3) is 5.91 Å². The van der Waals surface area contributed by atoms with Crippen molar-refractivity contribution >= 4 is 11.7 Å². The molecule has 1 heterocycles. The average Bonchev–Trinajstić information content (AvgIpc) is 2.96. The third kappa shape index (κ3) is 2.84. The lowest BCUT2D eigenvalue weighted by atomic mass is 10.1. The lowest BCUT2D eigenvalue weighted by Crippen LogP contribution is -2.43. The third-order valence-electron chi connectivity index (χ3n) is 3.38. The van der Waals surface area contributed by atoms with Crippen LogP contribution >= 0.6 is 0 Å². The lowest BCUT2D eigenvalue weighted by molar-refractivity contribution is 0.0768. The zero-order chi connectivity index (χ0) is 14.5. The Morgan fingerprint density at radius 2 is 2.20 bits per heavy atom. The smallest absolute Gasteiger partial charge is 0.254 e. The summed E-state index contributed by atoms with van der Waals surface area (Å²) >= 11 is 0. The first-order chi connectivity index (χ1) is 9.67. The second-order valence-corrected chi connectivity index (χ2v) is 4.64. The highest BCUT2D eigenvalue weighted by atomic mass is 16.5. The van der Waals surface area contributed by atoms with Gasteiger partial charge in [-0.15, -0.1) is 0 Å². The molecule has 1 unspecified atom stereocenters. The minimum atomic E-state index is -0.320. The zero-order valence-electron chi connectivity index (χ0n) is 11.5. The molecule has 6 nitrogen and oxygen atoms in total. The molecule has 0 aromatic heterocycles. The summed E-state index contributed by atoms with van der Waals surface area (Å²) in [5.74, 6) is 0.711. The fourth-order valence-corrected chi connectivity index (χ4v) is 2.41. The molecule has 1 aliphatic heterocycles. The Bertz CT molecular complexity index is 499. The summed E-state index contributed by atoms with van der Waals surface area (Å²) in [6, 6.07) is 6.68. The SMILES string of the molecule is CCOc1ccc(C(=O)N2CCCC2C(N)=NO)cc1. The number of carbonyl (C=O) groups is 1. The maximum absolute atomic E-state index is 12.4. The first kappa shape index (κ1) is 14.2. The van der Waals surface area contributed by atoms with Crippen LogP contribution in [0.1, 0.15) is 30.1 Å². The maximum atomic E-state index is 12.4. The van der Waals surface area contributed by atoms with Crippen LogP contribution < -0.4 is 10.5 Å². The lowest BCUT2D eigenvalue weighted by Gasteiger charge is -2.23. The molecule has 1 saturated heterocycles. The molecule has 1 aliphatic rings. The van der Waals surface area contributed by atoms with E-state index in [9.17, 15) is 4.79 Å². The molecule has 20 heavy (non-hydrogen) atoms. The van der Waals surface area contributed by atoms with E-state index < -0.39 is 0 Å². The number of oxime groups is 1. The van der Waals surface area contributed by atoms with Crippen molar-refractivity contribution in [3.05, 3.63) is 29.8 Å². The van der Waals surface area contributed by atoms with Crippen LogP contribution in [-0.4, -0.2) is 41.0 Å². The molecule has 0 bridgehead atoms. The largest absolute Gasteiger partial charge is 0.494 e. The van der Waals surface area contributed by atoms with Crippen molar-refractivity contribution in [2.45, 2.75) is 25.8 Å². The van der Waals surface area contributed by atoms with E-state index in [0.29, 0.717) is 18.7 Å². The highest BCUT2D eigenvalue weighted by Crippen LogP contribution is 2.21. The Labute approximate surface area is 117 Å². The molecule has 1 amide bonds. The van der Waals surface area contributed by atoms with Gasteiger partial charge in [0.1, 0.15) is 5.75 Å². The van der Waals surface area contributed by atoms with Gasteiger partial charge < -0.3 is 20.6 Å². The van der Waals surface area contributed by atoms with Gasteiger partial charge in [-0.2, -0.15) is 0 Å². The second kappa shape index (κ2) is 6.27.